The van der Waals surface area contributed by atoms with Crippen LogP contribution in [-0.2, 0) is 4.79 Å². The van der Waals surface area contributed by atoms with Crippen molar-refractivity contribution >= 4 is 5.97 Å². The first kappa shape index (κ1) is 13.2. The number of carboxylic acids is 1. The molecule has 2 nitrogen and oxygen atoms in total. The van der Waals surface area contributed by atoms with E-state index in [1.807, 2.05) is 19.9 Å². The molecule has 0 saturated carbocycles. The second-order valence-corrected chi connectivity index (χ2v) is 4.04. The molecule has 2 heteroatoms. The predicted molar refractivity (Wildman–Crippen MR) is 59.2 cm³/mol. The molecule has 1 atom stereocenters. The molecule has 0 heterocycles. The van der Waals surface area contributed by atoms with E-state index in [4.69, 9.17) is 5.11 Å². The van der Waals surface area contributed by atoms with Crippen molar-refractivity contribution in [3.63, 3.8) is 0 Å². The van der Waals surface area contributed by atoms with Crippen molar-refractivity contribution in [2.75, 3.05) is 0 Å². The van der Waals surface area contributed by atoms with Gasteiger partial charge >= 0.3 is 5.97 Å². The monoisotopic (exact) mass is 198 g/mol. The van der Waals surface area contributed by atoms with E-state index in [1.165, 1.54) is 12.8 Å². The van der Waals surface area contributed by atoms with Gasteiger partial charge in [-0.2, -0.15) is 0 Å². The SMILES string of the molecule is CCCCC=CCC(C(=O)O)C(C)C. The molecule has 0 saturated heterocycles. The normalized spacial score (nSPS) is 13.7. The van der Waals surface area contributed by atoms with Gasteiger partial charge in [-0.1, -0.05) is 45.8 Å². The molecule has 0 radical (unpaired) electrons. The number of hydrogen-bond acceptors (Lipinski definition) is 1. The summed E-state index contributed by atoms with van der Waals surface area (Å²) in [4.78, 5) is 10.8. The second kappa shape index (κ2) is 7.60. The van der Waals surface area contributed by atoms with Crippen molar-refractivity contribution in [2.24, 2.45) is 11.8 Å². The van der Waals surface area contributed by atoms with Crippen LogP contribution in [0, 0.1) is 11.8 Å². The number of carbonyl (C=O) groups is 1. The van der Waals surface area contributed by atoms with Crippen molar-refractivity contribution in [1.82, 2.24) is 0 Å². The molecule has 0 aliphatic rings. The average Bonchev–Trinajstić information content (AvgIpc) is 2.09. The van der Waals surface area contributed by atoms with E-state index in [2.05, 4.69) is 13.0 Å². The zero-order valence-corrected chi connectivity index (χ0v) is 9.49. The van der Waals surface area contributed by atoms with Crippen LogP contribution < -0.4 is 0 Å². The lowest BCUT2D eigenvalue weighted by molar-refractivity contribution is -0.143. The summed E-state index contributed by atoms with van der Waals surface area (Å²) in [6.07, 6.45) is 8.22. The number of aliphatic carboxylic acids is 1. The minimum atomic E-state index is -0.680. The van der Waals surface area contributed by atoms with Gasteiger partial charge in [-0.15, -0.1) is 0 Å². The highest BCUT2D eigenvalue weighted by atomic mass is 16.4. The average molecular weight is 198 g/mol. The molecule has 0 spiro atoms. The Balaban J connectivity index is 3.82. The van der Waals surface area contributed by atoms with Gasteiger partial charge in [-0.3, -0.25) is 4.79 Å². The molecule has 0 aromatic heterocycles. The van der Waals surface area contributed by atoms with Gasteiger partial charge in [0, 0.05) is 0 Å². The highest BCUT2D eigenvalue weighted by Gasteiger charge is 2.19. The van der Waals surface area contributed by atoms with E-state index >= 15 is 0 Å². The smallest absolute Gasteiger partial charge is 0.307 e. The fourth-order valence-corrected chi connectivity index (χ4v) is 1.34. The maximum Gasteiger partial charge on any atom is 0.307 e. The van der Waals surface area contributed by atoms with Gasteiger partial charge in [-0.05, 0) is 18.8 Å². The molecule has 14 heavy (non-hydrogen) atoms. The van der Waals surface area contributed by atoms with Crippen LogP contribution in [0.5, 0.6) is 0 Å². The van der Waals surface area contributed by atoms with Crippen LogP contribution in [0.25, 0.3) is 0 Å². The number of rotatable bonds is 7. The topological polar surface area (TPSA) is 37.3 Å². The highest BCUT2D eigenvalue weighted by Crippen LogP contribution is 2.16. The van der Waals surface area contributed by atoms with E-state index in [0.29, 0.717) is 6.42 Å². The first-order chi connectivity index (χ1) is 6.59. The Bertz CT molecular complexity index is 183. The van der Waals surface area contributed by atoms with Crippen molar-refractivity contribution in [3.8, 4) is 0 Å². The molecule has 0 bridgehead atoms. The Kier molecular flexibility index (Phi) is 7.17. The van der Waals surface area contributed by atoms with E-state index in [9.17, 15) is 4.79 Å². The van der Waals surface area contributed by atoms with Gasteiger partial charge in [0.2, 0.25) is 0 Å². The summed E-state index contributed by atoms with van der Waals surface area (Å²) in [5, 5.41) is 8.91. The predicted octanol–water partition coefficient (Wildman–Crippen LogP) is 3.48. The summed E-state index contributed by atoms with van der Waals surface area (Å²) in [6.45, 7) is 6.07. The minimum absolute atomic E-state index is 0.211. The van der Waals surface area contributed by atoms with Gasteiger partial charge in [0.1, 0.15) is 0 Å². The van der Waals surface area contributed by atoms with E-state index < -0.39 is 5.97 Å². The summed E-state index contributed by atoms with van der Waals surface area (Å²) >= 11 is 0. The van der Waals surface area contributed by atoms with E-state index in [1.54, 1.807) is 0 Å². The van der Waals surface area contributed by atoms with Gasteiger partial charge in [0.15, 0.2) is 0 Å². The summed E-state index contributed by atoms with van der Waals surface area (Å²) in [5.74, 6) is -0.698. The molecule has 0 aromatic carbocycles. The summed E-state index contributed by atoms with van der Waals surface area (Å²) < 4.78 is 0. The molecular formula is C12H22O2. The van der Waals surface area contributed by atoms with Crippen LogP contribution in [0.3, 0.4) is 0 Å². The molecule has 82 valence electrons. The van der Waals surface area contributed by atoms with Gasteiger partial charge in [-0.25, -0.2) is 0 Å². The van der Waals surface area contributed by atoms with Crippen LogP contribution in [0.2, 0.25) is 0 Å². The van der Waals surface area contributed by atoms with Gasteiger partial charge in [0.25, 0.3) is 0 Å². The molecule has 0 aliphatic carbocycles. The Labute approximate surface area is 87.0 Å². The van der Waals surface area contributed by atoms with Crippen LogP contribution in [0.4, 0.5) is 0 Å². The number of carboxylic acid groups (broad SMARTS) is 1. The molecule has 0 fully saturated rings. The summed E-state index contributed by atoms with van der Waals surface area (Å²) in [7, 11) is 0. The quantitative estimate of drug-likeness (QED) is 0.502. The Morgan fingerprint density at radius 1 is 1.36 bits per heavy atom. The molecule has 1 N–H and O–H groups in total. The first-order valence-corrected chi connectivity index (χ1v) is 5.47. The number of allylic oxidation sites excluding steroid dienone is 2. The fourth-order valence-electron chi connectivity index (χ4n) is 1.34. The third kappa shape index (κ3) is 5.79. The molecule has 0 amide bonds. The van der Waals surface area contributed by atoms with E-state index in [0.717, 1.165) is 6.42 Å². The second-order valence-electron chi connectivity index (χ2n) is 4.04. The van der Waals surface area contributed by atoms with Crippen molar-refractivity contribution < 1.29 is 9.90 Å². The van der Waals surface area contributed by atoms with Crippen molar-refractivity contribution in [1.29, 1.82) is 0 Å². The number of hydrogen-bond donors (Lipinski definition) is 1. The van der Waals surface area contributed by atoms with Crippen LogP contribution >= 0.6 is 0 Å². The lowest BCUT2D eigenvalue weighted by Gasteiger charge is -2.13. The van der Waals surface area contributed by atoms with Gasteiger partial charge < -0.3 is 5.11 Å². The zero-order valence-electron chi connectivity index (χ0n) is 9.49. The highest BCUT2D eigenvalue weighted by molar-refractivity contribution is 5.70. The lowest BCUT2D eigenvalue weighted by Crippen LogP contribution is -2.18. The number of unbranched alkanes of at least 4 members (excludes halogenated alkanes) is 2. The third-order valence-corrected chi connectivity index (χ3v) is 2.40. The molecular weight excluding hydrogens is 176 g/mol. The minimum Gasteiger partial charge on any atom is -0.481 e. The Morgan fingerprint density at radius 3 is 2.43 bits per heavy atom. The van der Waals surface area contributed by atoms with Crippen LogP contribution in [0.15, 0.2) is 12.2 Å². The molecule has 0 rings (SSSR count). The van der Waals surface area contributed by atoms with Crippen molar-refractivity contribution in [2.45, 2.75) is 46.5 Å². The first-order valence-electron chi connectivity index (χ1n) is 5.47. The third-order valence-electron chi connectivity index (χ3n) is 2.40. The van der Waals surface area contributed by atoms with E-state index in [-0.39, 0.29) is 11.8 Å². The molecule has 0 aromatic rings. The van der Waals surface area contributed by atoms with Crippen molar-refractivity contribution in [3.05, 3.63) is 12.2 Å². The zero-order chi connectivity index (χ0) is 11.0. The molecule has 0 aliphatic heterocycles. The standard InChI is InChI=1S/C12H22O2/c1-4-5-6-7-8-9-11(10(2)3)12(13)14/h7-8,10-11H,4-6,9H2,1-3H3,(H,13,14). The maximum atomic E-state index is 10.8. The lowest BCUT2D eigenvalue weighted by atomic mass is 9.92. The Morgan fingerprint density at radius 2 is 2.00 bits per heavy atom. The maximum absolute atomic E-state index is 10.8. The van der Waals surface area contributed by atoms with Crippen LogP contribution in [0.1, 0.15) is 46.5 Å². The molecule has 1 unspecified atom stereocenters. The fraction of sp³-hybridized carbons (Fsp3) is 0.750. The van der Waals surface area contributed by atoms with Gasteiger partial charge in [0.05, 0.1) is 5.92 Å². The Hall–Kier alpha value is -0.790. The summed E-state index contributed by atoms with van der Waals surface area (Å²) in [6, 6.07) is 0. The largest absolute Gasteiger partial charge is 0.481 e. The van der Waals surface area contributed by atoms with Crippen LogP contribution in [-0.4, -0.2) is 11.1 Å². The summed E-state index contributed by atoms with van der Waals surface area (Å²) in [5.41, 5.74) is 0.